The number of halogens is 1. The molecule has 110 valence electrons. The van der Waals surface area contributed by atoms with Crippen LogP contribution >= 0.6 is 11.6 Å². The van der Waals surface area contributed by atoms with Gasteiger partial charge in [0.2, 0.25) is 0 Å². The van der Waals surface area contributed by atoms with Crippen LogP contribution in [0.2, 0.25) is 5.02 Å². The molecule has 1 amide bonds. The number of benzene rings is 2. The van der Waals surface area contributed by atoms with Crippen LogP contribution in [0.25, 0.3) is 0 Å². The van der Waals surface area contributed by atoms with Crippen molar-refractivity contribution in [3.05, 3.63) is 47.5 Å². The van der Waals surface area contributed by atoms with Gasteiger partial charge in [-0.1, -0.05) is 23.7 Å². The van der Waals surface area contributed by atoms with Gasteiger partial charge < -0.3 is 19.9 Å². The first-order chi connectivity index (χ1) is 10.1. The average molecular weight is 308 g/mol. The number of para-hydroxylation sites is 2. The number of methoxy groups -OCH3 is 1. The first kappa shape index (κ1) is 15.0. The van der Waals surface area contributed by atoms with E-state index in [1.807, 2.05) is 0 Å². The van der Waals surface area contributed by atoms with E-state index in [0.29, 0.717) is 16.5 Å². The Bertz CT molecular complexity index is 645. The van der Waals surface area contributed by atoms with Crippen molar-refractivity contribution >= 4 is 23.2 Å². The van der Waals surface area contributed by atoms with Gasteiger partial charge in [-0.15, -0.1) is 0 Å². The van der Waals surface area contributed by atoms with Gasteiger partial charge >= 0.3 is 0 Å². The molecule has 0 saturated heterocycles. The number of anilines is 1. The molecule has 0 atom stereocenters. The predicted molar refractivity (Wildman–Crippen MR) is 80.2 cm³/mol. The lowest BCUT2D eigenvalue weighted by molar-refractivity contribution is -0.118. The number of carbonyl (C=O) groups excluding carboxylic acids is 1. The summed E-state index contributed by atoms with van der Waals surface area (Å²) >= 11 is 5.80. The lowest BCUT2D eigenvalue weighted by Gasteiger charge is -2.11. The van der Waals surface area contributed by atoms with E-state index in [1.54, 1.807) is 24.3 Å². The second-order valence-corrected chi connectivity index (χ2v) is 4.59. The summed E-state index contributed by atoms with van der Waals surface area (Å²) in [5.74, 6) is 0.518. The van der Waals surface area contributed by atoms with E-state index >= 15 is 0 Å². The second-order valence-electron chi connectivity index (χ2n) is 4.15. The van der Waals surface area contributed by atoms with E-state index < -0.39 is 5.91 Å². The Morgan fingerprint density at radius 3 is 2.67 bits per heavy atom. The number of phenolic OH excluding ortho intramolecular Hbond substituents is 1. The third-order valence-corrected chi connectivity index (χ3v) is 2.90. The van der Waals surface area contributed by atoms with Crippen LogP contribution in [0.5, 0.6) is 17.2 Å². The third-order valence-electron chi connectivity index (χ3n) is 2.66. The van der Waals surface area contributed by atoms with Gasteiger partial charge in [-0.3, -0.25) is 4.79 Å². The molecule has 21 heavy (non-hydrogen) atoms. The largest absolute Gasteiger partial charge is 0.506 e. The molecule has 2 N–H and O–H groups in total. The Morgan fingerprint density at radius 1 is 1.24 bits per heavy atom. The lowest BCUT2D eigenvalue weighted by Crippen LogP contribution is -2.20. The number of aromatic hydroxyl groups is 1. The highest BCUT2D eigenvalue weighted by molar-refractivity contribution is 6.31. The number of ether oxygens (including phenoxy) is 2. The van der Waals surface area contributed by atoms with E-state index in [-0.39, 0.29) is 18.0 Å². The summed E-state index contributed by atoms with van der Waals surface area (Å²) in [5.41, 5.74) is 0.233. The van der Waals surface area contributed by atoms with Gasteiger partial charge in [0, 0.05) is 5.02 Å². The van der Waals surface area contributed by atoms with Crippen LogP contribution in [0.15, 0.2) is 42.5 Å². The standard InChI is InChI=1S/C15H14ClNO4/c1-20-13-4-2-3-5-14(13)21-9-15(19)17-11-8-10(16)6-7-12(11)18/h2-8,18H,9H2,1H3,(H,17,19). The summed E-state index contributed by atoms with van der Waals surface area (Å²) < 4.78 is 10.5. The van der Waals surface area contributed by atoms with Crippen molar-refractivity contribution in [1.29, 1.82) is 0 Å². The molecule has 6 heteroatoms. The Morgan fingerprint density at radius 2 is 1.95 bits per heavy atom. The van der Waals surface area contributed by atoms with Crippen LogP contribution < -0.4 is 14.8 Å². The summed E-state index contributed by atoms with van der Waals surface area (Å²) in [6, 6.07) is 11.4. The van der Waals surface area contributed by atoms with Gasteiger partial charge in [0.1, 0.15) is 5.75 Å². The molecule has 2 aromatic rings. The summed E-state index contributed by atoms with van der Waals surface area (Å²) in [5, 5.41) is 12.5. The smallest absolute Gasteiger partial charge is 0.262 e. The molecular formula is C15H14ClNO4. The second kappa shape index (κ2) is 6.85. The Kier molecular flexibility index (Phi) is 4.90. The third kappa shape index (κ3) is 4.03. The Balaban J connectivity index is 1.97. The molecule has 0 aliphatic carbocycles. The van der Waals surface area contributed by atoms with E-state index in [4.69, 9.17) is 21.1 Å². The molecule has 0 radical (unpaired) electrons. The van der Waals surface area contributed by atoms with Crippen LogP contribution in [-0.2, 0) is 4.79 Å². The molecule has 0 spiro atoms. The van der Waals surface area contributed by atoms with Crippen molar-refractivity contribution in [2.24, 2.45) is 0 Å². The normalized spacial score (nSPS) is 10.0. The molecule has 0 bridgehead atoms. The van der Waals surface area contributed by atoms with Crippen LogP contribution in [0, 0.1) is 0 Å². The van der Waals surface area contributed by atoms with Crippen molar-refractivity contribution in [3.8, 4) is 17.2 Å². The van der Waals surface area contributed by atoms with Crippen LogP contribution in [0.1, 0.15) is 0 Å². The first-order valence-corrected chi connectivity index (χ1v) is 6.52. The number of hydrogen-bond donors (Lipinski definition) is 2. The van der Waals surface area contributed by atoms with Gasteiger partial charge in [0.05, 0.1) is 12.8 Å². The van der Waals surface area contributed by atoms with E-state index in [2.05, 4.69) is 5.32 Å². The van der Waals surface area contributed by atoms with Crippen molar-refractivity contribution in [2.75, 3.05) is 19.0 Å². The molecule has 2 rings (SSSR count). The number of amides is 1. The topological polar surface area (TPSA) is 67.8 Å². The minimum absolute atomic E-state index is 0.0648. The van der Waals surface area contributed by atoms with Crippen LogP contribution in [0.3, 0.4) is 0 Å². The minimum atomic E-state index is -0.418. The van der Waals surface area contributed by atoms with Crippen molar-refractivity contribution in [1.82, 2.24) is 0 Å². The van der Waals surface area contributed by atoms with Gasteiger partial charge in [0.25, 0.3) is 5.91 Å². The lowest BCUT2D eigenvalue weighted by atomic mass is 10.3. The summed E-state index contributed by atoms with van der Waals surface area (Å²) in [6.07, 6.45) is 0. The number of phenols is 1. The highest BCUT2D eigenvalue weighted by Gasteiger charge is 2.09. The fourth-order valence-electron chi connectivity index (χ4n) is 1.68. The van der Waals surface area contributed by atoms with Gasteiger partial charge in [-0.05, 0) is 30.3 Å². The Hall–Kier alpha value is -2.40. The first-order valence-electron chi connectivity index (χ1n) is 6.14. The van der Waals surface area contributed by atoms with Crippen molar-refractivity contribution < 1.29 is 19.4 Å². The fourth-order valence-corrected chi connectivity index (χ4v) is 1.85. The molecule has 0 fully saturated rings. The number of rotatable bonds is 5. The summed E-state index contributed by atoms with van der Waals surface area (Å²) in [4.78, 5) is 11.8. The maximum absolute atomic E-state index is 11.8. The highest BCUT2D eigenvalue weighted by atomic mass is 35.5. The quantitative estimate of drug-likeness (QED) is 0.833. The summed E-state index contributed by atoms with van der Waals surface area (Å²) in [6.45, 7) is -0.216. The maximum Gasteiger partial charge on any atom is 0.262 e. The van der Waals surface area contributed by atoms with Gasteiger partial charge in [0.15, 0.2) is 18.1 Å². The van der Waals surface area contributed by atoms with Gasteiger partial charge in [-0.25, -0.2) is 0 Å². The maximum atomic E-state index is 11.8. The molecule has 0 aliphatic heterocycles. The number of nitrogens with one attached hydrogen (secondary N) is 1. The molecular weight excluding hydrogens is 294 g/mol. The van der Waals surface area contributed by atoms with Crippen molar-refractivity contribution in [2.45, 2.75) is 0 Å². The highest BCUT2D eigenvalue weighted by Crippen LogP contribution is 2.27. The van der Waals surface area contributed by atoms with Crippen molar-refractivity contribution in [3.63, 3.8) is 0 Å². The molecule has 0 saturated carbocycles. The Labute approximate surface area is 127 Å². The average Bonchev–Trinajstić information content (AvgIpc) is 2.49. The molecule has 2 aromatic carbocycles. The number of carbonyl (C=O) groups is 1. The zero-order valence-corrected chi connectivity index (χ0v) is 12.1. The monoisotopic (exact) mass is 307 g/mol. The zero-order chi connectivity index (χ0) is 15.2. The molecule has 0 aromatic heterocycles. The molecule has 0 heterocycles. The zero-order valence-electron chi connectivity index (χ0n) is 11.3. The van der Waals surface area contributed by atoms with Gasteiger partial charge in [-0.2, -0.15) is 0 Å². The molecule has 0 aliphatic rings. The number of hydrogen-bond acceptors (Lipinski definition) is 4. The van der Waals surface area contributed by atoms with E-state index in [0.717, 1.165) is 0 Å². The minimum Gasteiger partial charge on any atom is -0.506 e. The van der Waals surface area contributed by atoms with E-state index in [1.165, 1.54) is 25.3 Å². The summed E-state index contributed by atoms with van der Waals surface area (Å²) in [7, 11) is 1.52. The molecule has 0 unspecified atom stereocenters. The molecule has 5 nitrogen and oxygen atoms in total. The predicted octanol–water partition coefficient (Wildman–Crippen LogP) is 3.07. The van der Waals surface area contributed by atoms with Crippen LogP contribution in [-0.4, -0.2) is 24.7 Å². The fraction of sp³-hybridized carbons (Fsp3) is 0.133. The van der Waals surface area contributed by atoms with E-state index in [9.17, 15) is 9.90 Å². The SMILES string of the molecule is COc1ccccc1OCC(=O)Nc1cc(Cl)ccc1O. The van der Waals surface area contributed by atoms with Crippen LogP contribution in [0.4, 0.5) is 5.69 Å².